The summed E-state index contributed by atoms with van der Waals surface area (Å²) in [6.07, 6.45) is -3.73. The van der Waals surface area contributed by atoms with E-state index >= 15 is 0 Å². The van der Waals surface area contributed by atoms with Crippen molar-refractivity contribution in [3.05, 3.63) is 0 Å². The number of alkyl halides is 3. The molecule has 0 radical (unpaired) electrons. The highest BCUT2D eigenvalue weighted by Crippen LogP contribution is 2.32. The molecular weight excluding hydrogens is 209 g/mol. The Kier molecular flexibility index (Phi) is 3.76. The van der Waals surface area contributed by atoms with Gasteiger partial charge in [0.2, 0.25) is 0 Å². The zero-order valence-electron chi connectivity index (χ0n) is 8.44. The van der Waals surface area contributed by atoms with Crippen LogP contribution < -0.4 is 0 Å². The number of Topliss-reactive ketones (excluding diaryl/α,β-unsaturated/α-hetero) is 1. The maximum absolute atomic E-state index is 11.9. The van der Waals surface area contributed by atoms with Gasteiger partial charge in [-0.05, 0) is 25.7 Å². The van der Waals surface area contributed by atoms with Crippen LogP contribution in [0.15, 0.2) is 0 Å². The lowest BCUT2D eigenvalue weighted by molar-refractivity contribution is -0.140. The summed E-state index contributed by atoms with van der Waals surface area (Å²) in [5, 5.41) is 9.87. The van der Waals surface area contributed by atoms with Crippen molar-refractivity contribution in [2.24, 2.45) is 0 Å². The third kappa shape index (κ3) is 4.64. The van der Waals surface area contributed by atoms with Gasteiger partial charge in [0.25, 0.3) is 0 Å². The normalized spacial score (nSPS) is 21.7. The second kappa shape index (κ2) is 4.51. The standard InChI is InChI=1S/C10H15F3O2/c11-10(12,13)5-1-4-9(15)6-2-8(14)3-7-9/h15H,1-7H2. The SMILES string of the molecule is O=C1CCC(O)(CCCC(F)(F)F)CC1. The Hall–Kier alpha value is -0.580. The second-order valence-corrected chi connectivity index (χ2v) is 4.23. The molecule has 88 valence electrons. The summed E-state index contributed by atoms with van der Waals surface area (Å²) in [7, 11) is 0. The van der Waals surface area contributed by atoms with Crippen molar-refractivity contribution in [2.45, 2.75) is 56.7 Å². The van der Waals surface area contributed by atoms with Crippen molar-refractivity contribution >= 4 is 5.78 Å². The molecule has 0 amide bonds. The monoisotopic (exact) mass is 224 g/mol. The molecular formula is C10H15F3O2. The molecule has 2 nitrogen and oxygen atoms in total. The van der Waals surface area contributed by atoms with Gasteiger partial charge < -0.3 is 5.11 Å². The van der Waals surface area contributed by atoms with E-state index in [0.717, 1.165) is 0 Å². The van der Waals surface area contributed by atoms with Crippen LogP contribution in [0.3, 0.4) is 0 Å². The molecule has 0 saturated heterocycles. The van der Waals surface area contributed by atoms with Gasteiger partial charge in [-0.3, -0.25) is 4.79 Å². The number of carbonyl (C=O) groups excluding carboxylic acids is 1. The highest BCUT2D eigenvalue weighted by Gasteiger charge is 2.34. The highest BCUT2D eigenvalue weighted by molar-refractivity contribution is 5.79. The zero-order valence-corrected chi connectivity index (χ0v) is 8.44. The number of hydrogen-bond donors (Lipinski definition) is 1. The van der Waals surface area contributed by atoms with Gasteiger partial charge in [-0.15, -0.1) is 0 Å². The molecule has 1 fully saturated rings. The van der Waals surface area contributed by atoms with E-state index in [0.29, 0.717) is 25.7 Å². The summed E-state index contributed by atoms with van der Waals surface area (Å²) in [4.78, 5) is 10.9. The fraction of sp³-hybridized carbons (Fsp3) is 0.900. The van der Waals surface area contributed by atoms with Crippen LogP contribution in [0.5, 0.6) is 0 Å². The van der Waals surface area contributed by atoms with Crippen LogP contribution in [-0.4, -0.2) is 22.7 Å². The van der Waals surface area contributed by atoms with E-state index in [-0.39, 0.29) is 18.6 Å². The first-order valence-electron chi connectivity index (χ1n) is 5.12. The molecule has 5 heteroatoms. The van der Waals surface area contributed by atoms with E-state index in [2.05, 4.69) is 0 Å². The van der Waals surface area contributed by atoms with Gasteiger partial charge in [0, 0.05) is 19.3 Å². The van der Waals surface area contributed by atoms with E-state index in [9.17, 15) is 23.1 Å². The van der Waals surface area contributed by atoms with Crippen LogP contribution in [0.1, 0.15) is 44.9 Å². The van der Waals surface area contributed by atoms with Crippen molar-refractivity contribution in [2.75, 3.05) is 0 Å². The highest BCUT2D eigenvalue weighted by atomic mass is 19.4. The van der Waals surface area contributed by atoms with Crippen LogP contribution in [0, 0.1) is 0 Å². The van der Waals surface area contributed by atoms with Crippen LogP contribution in [-0.2, 0) is 4.79 Å². The van der Waals surface area contributed by atoms with Crippen molar-refractivity contribution in [3.63, 3.8) is 0 Å². The van der Waals surface area contributed by atoms with Crippen molar-refractivity contribution in [3.8, 4) is 0 Å². The van der Waals surface area contributed by atoms with E-state index in [1.807, 2.05) is 0 Å². The summed E-state index contributed by atoms with van der Waals surface area (Å²) >= 11 is 0. The van der Waals surface area contributed by atoms with Crippen molar-refractivity contribution in [1.29, 1.82) is 0 Å². The minimum Gasteiger partial charge on any atom is -0.390 e. The third-order valence-corrected chi connectivity index (χ3v) is 2.84. The Morgan fingerprint density at radius 1 is 1.27 bits per heavy atom. The smallest absolute Gasteiger partial charge is 0.389 e. The van der Waals surface area contributed by atoms with Crippen LogP contribution in [0.2, 0.25) is 0 Å². The lowest BCUT2D eigenvalue weighted by Gasteiger charge is -2.31. The minimum atomic E-state index is -4.15. The van der Waals surface area contributed by atoms with Crippen LogP contribution >= 0.6 is 0 Å². The van der Waals surface area contributed by atoms with Crippen molar-refractivity contribution in [1.82, 2.24) is 0 Å². The first kappa shape index (κ1) is 12.5. The summed E-state index contributed by atoms with van der Waals surface area (Å²) in [5.41, 5.74) is -1.04. The Balaban J connectivity index is 2.28. The number of carbonyl (C=O) groups is 1. The molecule has 0 bridgehead atoms. The molecule has 0 unspecified atom stereocenters. The largest absolute Gasteiger partial charge is 0.390 e. The van der Waals surface area contributed by atoms with Gasteiger partial charge in [0.1, 0.15) is 5.78 Å². The molecule has 1 saturated carbocycles. The predicted octanol–water partition coefficient (Wildman–Crippen LogP) is 2.59. The molecule has 0 aromatic heterocycles. The topological polar surface area (TPSA) is 37.3 Å². The molecule has 1 rings (SSSR count). The van der Waals surface area contributed by atoms with Gasteiger partial charge >= 0.3 is 6.18 Å². The molecule has 0 spiro atoms. The quantitative estimate of drug-likeness (QED) is 0.800. The zero-order chi connectivity index (χ0) is 11.5. The first-order chi connectivity index (χ1) is 6.81. The fourth-order valence-corrected chi connectivity index (χ4v) is 1.86. The number of aliphatic hydroxyl groups is 1. The van der Waals surface area contributed by atoms with Gasteiger partial charge in [0.05, 0.1) is 5.60 Å². The van der Waals surface area contributed by atoms with E-state index in [4.69, 9.17) is 0 Å². The molecule has 0 atom stereocenters. The van der Waals surface area contributed by atoms with E-state index in [1.54, 1.807) is 0 Å². The van der Waals surface area contributed by atoms with Crippen LogP contribution in [0.4, 0.5) is 13.2 Å². The predicted molar refractivity (Wildman–Crippen MR) is 48.3 cm³/mol. The average molecular weight is 224 g/mol. The molecule has 15 heavy (non-hydrogen) atoms. The van der Waals surface area contributed by atoms with Crippen LogP contribution in [0.25, 0.3) is 0 Å². The molecule has 0 aliphatic heterocycles. The van der Waals surface area contributed by atoms with Gasteiger partial charge in [-0.1, -0.05) is 0 Å². The Morgan fingerprint density at radius 3 is 2.27 bits per heavy atom. The Morgan fingerprint density at radius 2 is 1.80 bits per heavy atom. The molecule has 0 aromatic rings. The minimum absolute atomic E-state index is 0.0613. The van der Waals surface area contributed by atoms with E-state index < -0.39 is 18.2 Å². The number of ketones is 1. The fourth-order valence-electron chi connectivity index (χ4n) is 1.86. The van der Waals surface area contributed by atoms with Gasteiger partial charge in [-0.25, -0.2) is 0 Å². The molecule has 0 heterocycles. The lowest BCUT2D eigenvalue weighted by atomic mass is 9.81. The Labute approximate surface area is 86.5 Å². The number of halogens is 3. The van der Waals surface area contributed by atoms with E-state index in [1.165, 1.54) is 0 Å². The number of rotatable bonds is 3. The first-order valence-corrected chi connectivity index (χ1v) is 5.12. The molecule has 0 aromatic carbocycles. The Bertz CT molecular complexity index is 225. The maximum atomic E-state index is 11.9. The second-order valence-electron chi connectivity index (χ2n) is 4.23. The summed E-state index contributed by atoms with van der Waals surface area (Å²) in [5.74, 6) is 0.0931. The maximum Gasteiger partial charge on any atom is 0.389 e. The van der Waals surface area contributed by atoms with Crippen molar-refractivity contribution < 1.29 is 23.1 Å². The molecule has 1 N–H and O–H groups in total. The van der Waals surface area contributed by atoms with Gasteiger partial charge in [0.15, 0.2) is 0 Å². The molecule has 1 aliphatic carbocycles. The number of hydrogen-bond acceptors (Lipinski definition) is 2. The third-order valence-electron chi connectivity index (χ3n) is 2.84. The molecule has 1 aliphatic rings. The summed E-state index contributed by atoms with van der Waals surface area (Å²) in [6, 6.07) is 0. The summed E-state index contributed by atoms with van der Waals surface area (Å²) in [6.45, 7) is 0. The summed E-state index contributed by atoms with van der Waals surface area (Å²) < 4.78 is 35.6. The lowest BCUT2D eigenvalue weighted by Crippen LogP contribution is -2.34. The van der Waals surface area contributed by atoms with Gasteiger partial charge in [-0.2, -0.15) is 13.2 Å². The average Bonchev–Trinajstić information content (AvgIpc) is 2.09.